The van der Waals surface area contributed by atoms with Gasteiger partial charge >= 0.3 is 11.9 Å². The summed E-state index contributed by atoms with van der Waals surface area (Å²) in [6, 6.07) is 1.61. The van der Waals surface area contributed by atoms with Gasteiger partial charge in [-0.1, -0.05) is 40.3 Å². The number of Topliss-reactive ketones (excluding diaryl/α,β-unsaturated/α-hetero) is 1. The molecule has 10 atom stereocenters. The van der Waals surface area contributed by atoms with E-state index in [9.17, 15) is 39.6 Å². The minimum Gasteiger partial charge on any atom is -0.507 e. The molecule has 12 nitrogen and oxygen atoms in total. The van der Waals surface area contributed by atoms with Gasteiger partial charge in [0.1, 0.15) is 30.2 Å². The number of aliphatic hydroxyl groups excluding tert-OH is 2. The molecular weight excluding hydrogens is 576 g/mol. The summed E-state index contributed by atoms with van der Waals surface area (Å²) in [5.74, 6) is -6.93. The number of allylic oxidation sites excluding steroid dienone is 2. The molecule has 0 amide bonds. The van der Waals surface area contributed by atoms with Gasteiger partial charge in [-0.2, -0.15) is 0 Å². The fourth-order valence-corrected chi connectivity index (χ4v) is 8.27. The van der Waals surface area contributed by atoms with Gasteiger partial charge in [-0.3, -0.25) is 9.59 Å². The molecule has 1 aromatic heterocycles. The van der Waals surface area contributed by atoms with Crippen molar-refractivity contribution in [1.82, 2.24) is 0 Å². The van der Waals surface area contributed by atoms with Crippen LogP contribution in [0.1, 0.15) is 52.5 Å². The minimum atomic E-state index is -2.39. The Kier molecular flexibility index (Phi) is 7.50. The lowest BCUT2D eigenvalue weighted by Crippen LogP contribution is -2.71. The highest BCUT2D eigenvalue weighted by atomic mass is 16.6. The number of rotatable bonds is 7. The van der Waals surface area contributed by atoms with Gasteiger partial charge in [0.25, 0.3) is 6.47 Å². The fourth-order valence-electron chi connectivity index (χ4n) is 8.27. The smallest absolute Gasteiger partial charge is 0.338 e. The number of hydrogen-bond acceptors (Lipinski definition) is 12. The van der Waals surface area contributed by atoms with Crippen molar-refractivity contribution in [3.05, 3.63) is 59.8 Å². The van der Waals surface area contributed by atoms with E-state index >= 15 is 0 Å². The van der Waals surface area contributed by atoms with Gasteiger partial charge in [0, 0.05) is 29.6 Å². The maximum absolute atomic E-state index is 14.0. The predicted octanol–water partition coefficient (Wildman–Crippen LogP) is 2.04. The van der Waals surface area contributed by atoms with Crippen LogP contribution in [0.2, 0.25) is 0 Å². The van der Waals surface area contributed by atoms with Crippen molar-refractivity contribution < 1.29 is 58.2 Å². The Hall–Kier alpha value is -3.74. The van der Waals surface area contributed by atoms with Gasteiger partial charge in [0.2, 0.25) is 0 Å². The Morgan fingerprint density at radius 2 is 1.89 bits per heavy atom. The average Bonchev–Trinajstić information content (AvgIpc) is 3.56. The number of carbonyl (C=O) groups is 4. The molecule has 3 fully saturated rings. The van der Waals surface area contributed by atoms with Gasteiger partial charge < -0.3 is 39.1 Å². The maximum Gasteiger partial charge on any atom is 0.338 e. The molecule has 2 heterocycles. The number of ether oxygens (including phenoxy) is 3. The van der Waals surface area contributed by atoms with Gasteiger partial charge in [-0.05, 0) is 36.1 Å². The quantitative estimate of drug-likeness (QED) is 0.152. The second-order valence-corrected chi connectivity index (χ2v) is 13.3. The number of esters is 2. The molecule has 0 aromatic carbocycles. The lowest BCUT2D eigenvalue weighted by molar-refractivity contribution is -0.227. The highest BCUT2D eigenvalue weighted by Gasteiger charge is 2.76. The topological polar surface area (TPSA) is 190 Å². The van der Waals surface area contributed by atoms with Crippen LogP contribution >= 0.6 is 0 Å². The van der Waals surface area contributed by atoms with E-state index < -0.39 is 94.1 Å². The van der Waals surface area contributed by atoms with E-state index in [2.05, 4.69) is 6.58 Å². The first-order valence-corrected chi connectivity index (χ1v) is 14.4. The molecule has 4 N–H and O–H groups in total. The minimum absolute atomic E-state index is 0.0952. The molecule has 2 saturated carbocycles. The molecule has 1 aliphatic heterocycles. The first-order valence-electron chi connectivity index (χ1n) is 14.4. The molecule has 0 spiro atoms. The molecule has 10 unspecified atom stereocenters. The van der Waals surface area contributed by atoms with Crippen LogP contribution in [0.5, 0.6) is 0 Å². The van der Waals surface area contributed by atoms with Crippen LogP contribution in [0.3, 0.4) is 0 Å². The standard InChI is InChI=1S/C32H38O12/c1-15(2)23(36)28(38)44-26-24(43-14-33)22(29(4)9-7-19(34)21-25(29)30(5,39)13-42-27(21)37)16(3)32(40)20(35)11-18(31(26,32)6)17-8-10-41-12-17/h7-10,12,14-15,18,22-26,34,36,39-40H,3,11,13H2,1-2,4-6H3. The highest BCUT2D eigenvalue weighted by Crippen LogP contribution is 2.68. The number of fused-ring (bicyclic) bond motifs is 2. The Labute approximate surface area is 254 Å². The number of furan rings is 1. The number of carbonyl (C=O) groups excluding carboxylic acids is 4. The zero-order valence-corrected chi connectivity index (χ0v) is 25.2. The predicted molar refractivity (Wildman–Crippen MR) is 150 cm³/mol. The summed E-state index contributed by atoms with van der Waals surface area (Å²) in [6.07, 6.45) is 0.668. The molecule has 0 bridgehead atoms. The lowest BCUT2D eigenvalue weighted by atomic mass is 9.46. The average molecular weight is 615 g/mol. The third-order valence-electron chi connectivity index (χ3n) is 10.4. The first-order chi connectivity index (χ1) is 20.5. The van der Waals surface area contributed by atoms with Crippen LogP contribution in [-0.2, 0) is 33.4 Å². The Morgan fingerprint density at radius 3 is 2.48 bits per heavy atom. The van der Waals surface area contributed by atoms with Gasteiger partial charge in [-0.15, -0.1) is 0 Å². The van der Waals surface area contributed by atoms with Gasteiger partial charge in [-0.25, -0.2) is 9.59 Å². The molecule has 4 aliphatic rings. The summed E-state index contributed by atoms with van der Waals surface area (Å²) in [4.78, 5) is 52.5. The van der Waals surface area contributed by atoms with Crippen molar-refractivity contribution in [2.45, 2.75) is 76.5 Å². The zero-order chi connectivity index (χ0) is 32.6. The largest absolute Gasteiger partial charge is 0.507 e. The second kappa shape index (κ2) is 10.4. The normalized spacial score (nSPS) is 40.8. The van der Waals surface area contributed by atoms with Crippen LogP contribution < -0.4 is 0 Å². The fraction of sp³-hybridized carbons (Fsp3) is 0.562. The first kappa shape index (κ1) is 31.7. The van der Waals surface area contributed by atoms with Gasteiger partial charge in [0.15, 0.2) is 17.5 Å². The third-order valence-corrected chi connectivity index (χ3v) is 10.4. The SMILES string of the molecule is C=C1C(C2(C)C=CC(O)=C3C(=O)OCC(C)(O)C32)C(OC=O)C(OC(=O)C(O)C(C)C)C2(C)C(c3ccoc3)CC(=O)C12O. The number of cyclic esters (lactones) is 1. The third kappa shape index (κ3) is 4.14. The maximum atomic E-state index is 14.0. The van der Waals surface area contributed by atoms with Crippen LogP contribution in [0, 0.1) is 28.6 Å². The Morgan fingerprint density at radius 1 is 1.20 bits per heavy atom. The van der Waals surface area contributed by atoms with Crippen molar-refractivity contribution in [2.24, 2.45) is 28.6 Å². The van der Waals surface area contributed by atoms with Crippen molar-refractivity contribution in [1.29, 1.82) is 0 Å². The van der Waals surface area contributed by atoms with Crippen LogP contribution in [0.25, 0.3) is 0 Å². The Bertz CT molecular complexity index is 1450. The summed E-state index contributed by atoms with van der Waals surface area (Å²) in [7, 11) is 0. The summed E-state index contributed by atoms with van der Waals surface area (Å²) in [5, 5.41) is 45.6. The van der Waals surface area contributed by atoms with Crippen molar-refractivity contribution in [2.75, 3.05) is 6.61 Å². The lowest BCUT2D eigenvalue weighted by Gasteiger charge is -2.61. The summed E-state index contributed by atoms with van der Waals surface area (Å²) >= 11 is 0. The summed E-state index contributed by atoms with van der Waals surface area (Å²) < 4.78 is 22.1. The Balaban J connectivity index is 1.77. The van der Waals surface area contributed by atoms with Crippen molar-refractivity contribution >= 4 is 24.2 Å². The van der Waals surface area contributed by atoms with Crippen LogP contribution in [0.15, 0.2) is 58.6 Å². The molecule has 3 aliphatic carbocycles. The second-order valence-electron chi connectivity index (χ2n) is 13.3. The van der Waals surface area contributed by atoms with E-state index in [4.69, 9.17) is 18.6 Å². The molecule has 238 valence electrons. The van der Waals surface area contributed by atoms with E-state index in [0.717, 1.165) is 0 Å². The van der Waals surface area contributed by atoms with Crippen molar-refractivity contribution in [3.8, 4) is 0 Å². The van der Waals surface area contributed by atoms with E-state index in [1.807, 2.05) is 0 Å². The molecular formula is C32H38O12. The number of aliphatic hydroxyl groups is 4. The van der Waals surface area contributed by atoms with E-state index in [0.29, 0.717) is 5.56 Å². The molecule has 1 saturated heterocycles. The zero-order valence-electron chi connectivity index (χ0n) is 25.2. The molecule has 0 radical (unpaired) electrons. The van der Waals surface area contributed by atoms with E-state index in [1.54, 1.807) is 26.8 Å². The van der Waals surface area contributed by atoms with Crippen LogP contribution in [0.4, 0.5) is 0 Å². The monoisotopic (exact) mass is 614 g/mol. The number of hydrogen-bond donors (Lipinski definition) is 4. The van der Waals surface area contributed by atoms with E-state index in [-0.39, 0.29) is 24.0 Å². The van der Waals surface area contributed by atoms with Gasteiger partial charge in [0.05, 0.1) is 23.5 Å². The highest BCUT2D eigenvalue weighted by molar-refractivity contribution is 5.96. The van der Waals surface area contributed by atoms with E-state index in [1.165, 1.54) is 38.5 Å². The van der Waals surface area contributed by atoms with Crippen LogP contribution in [-0.4, -0.2) is 80.7 Å². The molecule has 5 rings (SSSR count). The number of ketones is 1. The summed E-state index contributed by atoms with van der Waals surface area (Å²) in [6.45, 7) is 11.6. The van der Waals surface area contributed by atoms with Crippen molar-refractivity contribution in [3.63, 3.8) is 0 Å². The summed E-state index contributed by atoms with van der Waals surface area (Å²) in [5.41, 5.74) is -7.21. The molecule has 44 heavy (non-hydrogen) atoms. The molecule has 12 heteroatoms. The molecule has 1 aromatic rings.